The number of aryl methyl sites for hydroxylation is 1. The lowest BCUT2D eigenvalue weighted by atomic mass is 9.97. The molecule has 0 spiro atoms. The molecule has 0 bridgehead atoms. The van der Waals surface area contributed by atoms with Gasteiger partial charge >= 0.3 is 0 Å². The number of hydrogen-bond acceptors (Lipinski definition) is 2. The van der Waals surface area contributed by atoms with Crippen LogP contribution in [0.15, 0.2) is 18.2 Å². The Balaban J connectivity index is 2.30. The van der Waals surface area contributed by atoms with Crippen molar-refractivity contribution in [3.05, 3.63) is 29.3 Å². The van der Waals surface area contributed by atoms with E-state index in [-0.39, 0.29) is 5.91 Å². The van der Waals surface area contributed by atoms with E-state index < -0.39 is 6.10 Å². The molecule has 1 aromatic carbocycles. The van der Waals surface area contributed by atoms with Gasteiger partial charge in [-0.1, -0.05) is 19.1 Å². The van der Waals surface area contributed by atoms with Gasteiger partial charge in [-0.05, 0) is 30.0 Å². The number of fused-ring (bicyclic) bond motifs is 1. The molecule has 0 saturated heterocycles. The summed E-state index contributed by atoms with van der Waals surface area (Å²) in [5.74, 6) is 0.0753. The van der Waals surface area contributed by atoms with Crippen molar-refractivity contribution in [2.45, 2.75) is 32.3 Å². The molecular weight excluding hydrogens is 190 g/mol. The lowest BCUT2D eigenvalue weighted by Gasteiger charge is -2.18. The van der Waals surface area contributed by atoms with Gasteiger partial charge in [0.05, 0.1) is 6.10 Å². The molecular formula is C12H15NO2. The van der Waals surface area contributed by atoms with Crippen LogP contribution in [-0.4, -0.2) is 11.0 Å². The zero-order chi connectivity index (χ0) is 10.8. The Morgan fingerprint density at radius 2 is 2.27 bits per heavy atom. The van der Waals surface area contributed by atoms with Crippen LogP contribution in [-0.2, 0) is 11.2 Å². The third-order valence-corrected chi connectivity index (χ3v) is 2.80. The molecule has 0 saturated carbocycles. The highest BCUT2D eigenvalue weighted by atomic mass is 16.3. The van der Waals surface area contributed by atoms with E-state index in [0.717, 1.165) is 23.2 Å². The van der Waals surface area contributed by atoms with Crippen molar-refractivity contribution < 1.29 is 9.90 Å². The normalized spacial score (nSPS) is 16.8. The summed E-state index contributed by atoms with van der Waals surface area (Å²) in [7, 11) is 0. The number of nitrogens with one attached hydrogen (secondary N) is 1. The van der Waals surface area contributed by atoms with E-state index in [4.69, 9.17) is 0 Å². The van der Waals surface area contributed by atoms with Crippen LogP contribution in [0, 0.1) is 0 Å². The molecule has 1 aromatic rings. The summed E-state index contributed by atoms with van der Waals surface area (Å²) in [6.07, 6.45) is 1.63. The molecule has 1 atom stereocenters. The van der Waals surface area contributed by atoms with E-state index >= 15 is 0 Å². The second kappa shape index (κ2) is 4.03. The standard InChI is InChI=1S/C12H15NO2/c1-2-11(14)9-3-5-10-8(7-9)4-6-12(15)13-10/h3,5,7,11,14H,2,4,6H2,1H3,(H,13,15)/t11-/m0/s1. The van der Waals surface area contributed by atoms with Gasteiger partial charge in [0.15, 0.2) is 0 Å². The lowest BCUT2D eigenvalue weighted by Crippen LogP contribution is -2.19. The van der Waals surface area contributed by atoms with Crippen molar-refractivity contribution in [2.75, 3.05) is 5.32 Å². The van der Waals surface area contributed by atoms with Gasteiger partial charge in [-0.2, -0.15) is 0 Å². The minimum atomic E-state index is -0.395. The largest absolute Gasteiger partial charge is 0.388 e. The van der Waals surface area contributed by atoms with E-state index in [2.05, 4.69) is 5.32 Å². The van der Waals surface area contributed by atoms with Crippen LogP contribution in [0.2, 0.25) is 0 Å². The zero-order valence-corrected chi connectivity index (χ0v) is 8.79. The molecule has 1 aliphatic heterocycles. The number of carbonyl (C=O) groups is 1. The van der Waals surface area contributed by atoms with Crippen molar-refractivity contribution in [3.63, 3.8) is 0 Å². The fraction of sp³-hybridized carbons (Fsp3) is 0.417. The molecule has 80 valence electrons. The van der Waals surface area contributed by atoms with Crippen molar-refractivity contribution in [2.24, 2.45) is 0 Å². The SMILES string of the molecule is CC[C@H](O)c1ccc2c(c1)CCC(=O)N2. The van der Waals surface area contributed by atoms with E-state index in [0.29, 0.717) is 12.8 Å². The fourth-order valence-electron chi connectivity index (χ4n) is 1.85. The molecule has 0 radical (unpaired) electrons. The van der Waals surface area contributed by atoms with E-state index in [9.17, 15) is 9.90 Å². The number of aliphatic hydroxyl groups excluding tert-OH is 1. The summed E-state index contributed by atoms with van der Waals surface area (Å²) < 4.78 is 0. The molecule has 3 nitrogen and oxygen atoms in total. The first kappa shape index (κ1) is 10.2. The van der Waals surface area contributed by atoms with Crippen molar-refractivity contribution in [3.8, 4) is 0 Å². The van der Waals surface area contributed by atoms with Crippen molar-refractivity contribution >= 4 is 11.6 Å². The maximum Gasteiger partial charge on any atom is 0.224 e. The third kappa shape index (κ3) is 2.02. The fourth-order valence-corrected chi connectivity index (χ4v) is 1.85. The van der Waals surface area contributed by atoms with Crippen LogP contribution in [0.4, 0.5) is 5.69 Å². The molecule has 2 N–H and O–H groups in total. The Bertz CT molecular complexity index is 387. The zero-order valence-electron chi connectivity index (χ0n) is 8.79. The number of amides is 1. The van der Waals surface area contributed by atoms with Gasteiger partial charge in [0.25, 0.3) is 0 Å². The van der Waals surface area contributed by atoms with Gasteiger partial charge in [0.1, 0.15) is 0 Å². The van der Waals surface area contributed by atoms with Crippen LogP contribution in [0.25, 0.3) is 0 Å². The smallest absolute Gasteiger partial charge is 0.224 e. The molecule has 1 heterocycles. The van der Waals surface area contributed by atoms with E-state index in [1.807, 2.05) is 25.1 Å². The van der Waals surface area contributed by atoms with Gasteiger partial charge in [-0.15, -0.1) is 0 Å². The number of anilines is 1. The first-order valence-electron chi connectivity index (χ1n) is 5.31. The van der Waals surface area contributed by atoms with Gasteiger partial charge in [0.2, 0.25) is 5.91 Å². The highest BCUT2D eigenvalue weighted by Gasteiger charge is 2.16. The molecule has 0 fully saturated rings. The number of aliphatic hydroxyl groups is 1. The third-order valence-electron chi connectivity index (χ3n) is 2.80. The Labute approximate surface area is 89.1 Å². The van der Waals surface area contributed by atoms with Crippen LogP contribution in [0.1, 0.15) is 37.0 Å². The molecule has 2 rings (SSSR count). The molecule has 1 aliphatic rings. The quantitative estimate of drug-likeness (QED) is 0.776. The number of benzene rings is 1. The Kier molecular flexibility index (Phi) is 2.73. The van der Waals surface area contributed by atoms with Crippen LogP contribution in [0.5, 0.6) is 0 Å². The summed E-state index contributed by atoms with van der Waals surface area (Å²) in [6.45, 7) is 1.95. The summed E-state index contributed by atoms with van der Waals surface area (Å²) in [5.41, 5.74) is 2.95. The van der Waals surface area contributed by atoms with Crippen molar-refractivity contribution in [1.82, 2.24) is 0 Å². The minimum absolute atomic E-state index is 0.0753. The van der Waals surface area contributed by atoms with Crippen LogP contribution in [0.3, 0.4) is 0 Å². The predicted octanol–water partition coefficient (Wildman–Crippen LogP) is 2.01. The monoisotopic (exact) mass is 205 g/mol. The van der Waals surface area contributed by atoms with Gasteiger partial charge in [-0.3, -0.25) is 4.79 Å². The average molecular weight is 205 g/mol. The number of rotatable bonds is 2. The minimum Gasteiger partial charge on any atom is -0.388 e. The second-order valence-electron chi connectivity index (χ2n) is 3.89. The van der Waals surface area contributed by atoms with Crippen molar-refractivity contribution in [1.29, 1.82) is 0 Å². The van der Waals surface area contributed by atoms with Crippen LogP contribution >= 0.6 is 0 Å². The number of carbonyl (C=O) groups excluding carboxylic acids is 1. The maximum absolute atomic E-state index is 11.1. The van der Waals surface area contributed by atoms with Gasteiger partial charge in [-0.25, -0.2) is 0 Å². The molecule has 3 heteroatoms. The molecule has 0 unspecified atom stereocenters. The highest BCUT2D eigenvalue weighted by molar-refractivity contribution is 5.93. The summed E-state index contributed by atoms with van der Waals surface area (Å²) in [4.78, 5) is 11.1. The molecule has 15 heavy (non-hydrogen) atoms. The molecule has 1 amide bonds. The highest BCUT2D eigenvalue weighted by Crippen LogP contribution is 2.26. The molecule has 0 aromatic heterocycles. The lowest BCUT2D eigenvalue weighted by molar-refractivity contribution is -0.116. The Morgan fingerprint density at radius 3 is 3.00 bits per heavy atom. The number of hydrogen-bond donors (Lipinski definition) is 2. The molecule has 0 aliphatic carbocycles. The first-order valence-corrected chi connectivity index (χ1v) is 5.31. The average Bonchev–Trinajstić information content (AvgIpc) is 2.27. The van der Waals surface area contributed by atoms with E-state index in [1.54, 1.807) is 0 Å². The summed E-state index contributed by atoms with van der Waals surface area (Å²) >= 11 is 0. The van der Waals surface area contributed by atoms with E-state index in [1.165, 1.54) is 0 Å². The van der Waals surface area contributed by atoms with Gasteiger partial charge in [0, 0.05) is 12.1 Å². The first-order chi connectivity index (χ1) is 7.20. The predicted molar refractivity (Wildman–Crippen MR) is 58.6 cm³/mol. The Morgan fingerprint density at radius 1 is 1.47 bits per heavy atom. The Hall–Kier alpha value is -1.35. The summed E-state index contributed by atoms with van der Waals surface area (Å²) in [6, 6.07) is 5.74. The maximum atomic E-state index is 11.1. The van der Waals surface area contributed by atoms with Gasteiger partial charge < -0.3 is 10.4 Å². The summed E-state index contributed by atoms with van der Waals surface area (Å²) in [5, 5.41) is 12.5. The topological polar surface area (TPSA) is 49.3 Å². The van der Waals surface area contributed by atoms with Crippen LogP contribution < -0.4 is 5.32 Å². The second-order valence-corrected chi connectivity index (χ2v) is 3.89.